The zero-order valence-corrected chi connectivity index (χ0v) is 9.82. The number of piperazine rings is 1. The Labute approximate surface area is 105 Å². The zero-order chi connectivity index (χ0) is 14.6. The molecule has 19 heavy (non-hydrogen) atoms. The molecule has 0 aromatic heterocycles. The highest BCUT2D eigenvalue weighted by Crippen LogP contribution is 2.18. The van der Waals surface area contributed by atoms with Gasteiger partial charge in [-0.2, -0.15) is 13.2 Å². The van der Waals surface area contributed by atoms with Gasteiger partial charge in [0.05, 0.1) is 7.11 Å². The van der Waals surface area contributed by atoms with Crippen molar-refractivity contribution in [2.75, 3.05) is 26.7 Å². The van der Waals surface area contributed by atoms with Gasteiger partial charge >= 0.3 is 24.2 Å². The Morgan fingerprint density at radius 1 is 1.32 bits per heavy atom. The fourth-order valence-corrected chi connectivity index (χ4v) is 1.47. The van der Waals surface area contributed by atoms with Gasteiger partial charge in [-0.25, -0.2) is 14.4 Å². The summed E-state index contributed by atoms with van der Waals surface area (Å²) >= 11 is 0. The van der Waals surface area contributed by atoms with Crippen LogP contribution in [0, 0.1) is 0 Å². The van der Waals surface area contributed by atoms with Gasteiger partial charge in [-0.05, 0) is 0 Å². The third kappa shape index (κ3) is 3.81. The Morgan fingerprint density at radius 3 is 2.47 bits per heavy atom. The fraction of sp³-hybridized carbons (Fsp3) is 0.667. The van der Waals surface area contributed by atoms with Crippen LogP contribution in [0.1, 0.15) is 0 Å². The van der Waals surface area contributed by atoms with Gasteiger partial charge in [0, 0.05) is 19.6 Å². The molecule has 1 N–H and O–H groups in total. The second kappa shape index (κ2) is 5.87. The van der Waals surface area contributed by atoms with Crippen molar-refractivity contribution in [2.45, 2.75) is 12.2 Å². The number of amides is 1. The first kappa shape index (κ1) is 15.2. The first-order valence-corrected chi connectivity index (χ1v) is 5.15. The molecule has 1 aliphatic rings. The molecule has 7 nitrogen and oxygen atoms in total. The predicted molar refractivity (Wildman–Crippen MR) is 52.9 cm³/mol. The normalized spacial score (nSPS) is 19.8. The topological polar surface area (TPSA) is 84.9 Å². The molecule has 1 rings (SSSR count). The largest absolute Gasteiger partial charge is 0.491 e. The lowest BCUT2D eigenvalue weighted by atomic mass is 10.2. The number of ether oxygens (including phenoxy) is 2. The van der Waals surface area contributed by atoms with Crippen LogP contribution in [0.5, 0.6) is 0 Å². The van der Waals surface area contributed by atoms with Gasteiger partial charge < -0.3 is 14.8 Å². The van der Waals surface area contributed by atoms with Crippen molar-refractivity contribution in [3.8, 4) is 0 Å². The van der Waals surface area contributed by atoms with Crippen molar-refractivity contribution < 1.29 is 37.0 Å². The van der Waals surface area contributed by atoms with E-state index in [0.717, 1.165) is 7.11 Å². The minimum Gasteiger partial charge on any atom is -0.467 e. The summed E-state index contributed by atoms with van der Waals surface area (Å²) in [6, 6.07) is -1.13. The third-order valence-corrected chi connectivity index (χ3v) is 2.36. The molecule has 1 amide bonds. The van der Waals surface area contributed by atoms with Crippen LogP contribution in [0.3, 0.4) is 0 Å². The number of rotatable bonds is 1. The first-order chi connectivity index (χ1) is 8.77. The van der Waals surface area contributed by atoms with Crippen LogP contribution in [0.25, 0.3) is 0 Å². The molecule has 1 aliphatic heterocycles. The maximum Gasteiger partial charge on any atom is 0.491 e. The van der Waals surface area contributed by atoms with Gasteiger partial charge in [-0.1, -0.05) is 0 Å². The van der Waals surface area contributed by atoms with Crippen molar-refractivity contribution in [3.05, 3.63) is 0 Å². The molecule has 1 saturated heterocycles. The number of alkyl halides is 3. The highest BCUT2D eigenvalue weighted by atomic mass is 19.4. The Kier molecular flexibility index (Phi) is 4.70. The van der Waals surface area contributed by atoms with E-state index in [-0.39, 0.29) is 19.6 Å². The number of nitrogens with one attached hydrogen (secondary N) is 1. The smallest absolute Gasteiger partial charge is 0.467 e. The molecule has 1 heterocycles. The molecule has 108 valence electrons. The molecule has 0 bridgehead atoms. The van der Waals surface area contributed by atoms with E-state index in [9.17, 15) is 27.6 Å². The van der Waals surface area contributed by atoms with Crippen molar-refractivity contribution >= 4 is 18.0 Å². The van der Waals surface area contributed by atoms with Gasteiger partial charge in [0.15, 0.2) is 0 Å². The Hall–Kier alpha value is -1.84. The van der Waals surface area contributed by atoms with E-state index in [1.165, 1.54) is 0 Å². The van der Waals surface area contributed by atoms with E-state index in [2.05, 4.69) is 14.8 Å². The Morgan fingerprint density at radius 2 is 1.95 bits per heavy atom. The average Bonchev–Trinajstić information content (AvgIpc) is 2.36. The summed E-state index contributed by atoms with van der Waals surface area (Å²) in [6.45, 7) is 0.175. The van der Waals surface area contributed by atoms with Gasteiger partial charge in [-0.3, -0.25) is 4.90 Å². The second-order valence-corrected chi connectivity index (χ2v) is 3.59. The number of hydrogen-bond acceptors (Lipinski definition) is 6. The van der Waals surface area contributed by atoms with Crippen molar-refractivity contribution in [1.82, 2.24) is 10.2 Å². The molecule has 1 fully saturated rings. The maximum atomic E-state index is 11.9. The molecule has 0 saturated carbocycles. The molecule has 0 spiro atoms. The SMILES string of the molecule is COC(=O)C1CNCCN1C(=O)OC(=O)C(F)(F)F. The summed E-state index contributed by atoms with van der Waals surface area (Å²) in [5, 5.41) is 2.76. The third-order valence-electron chi connectivity index (χ3n) is 2.36. The van der Waals surface area contributed by atoms with Crippen LogP contribution in [0.15, 0.2) is 0 Å². The van der Waals surface area contributed by atoms with Gasteiger partial charge in [0.25, 0.3) is 0 Å². The zero-order valence-electron chi connectivity index (χ0n) is 9.82. The summed E-state index contributed by atoms with van der Waals surface area (Å²) in [5.41, 5.74) is 0. The molecule has 0 radical (unpaired) electrons. The van der Waals surface area contributed by atoms with Gasteiger partial charge in [0.1, 0.15) is 6.04 Å². The van der Waals surface area contributed by atoms with Crippen molar-refractivity contribution in [3.63, 3.8) is 0 Å². The number of nitrogens with zero attached hydrogens (tertiary/aromatic N) is 1. The van der Waals surface area contributed by atoms with E-state index in [1.807, 2.05) is 0 Å². The molecule has 1 unspecified atom stereocenters. The summed E-state index contributed by atoms with van der Waals surface area (Å²) in [6.07, 6.45) is -6.80. The van der Waals surface area contributed by atoms with Gasteiger partial charge in [0.2, 0.25) is 0 Å². The monoisotopic (exact) mass is 284 g/mol. The molecule has 1 atom stereocenters. The van der Waals surface area contributed by atoms with Crippen molar-refractivity contribution in [2.24, 2.45) is 0 Å². The van der Waals surface area contributed by atoms with Crippen LogP contribution < -0.4 is 5.32 Å². The van der Waals surface area contributed by atoms with E-state index in [0.29, 0.717) is 4.90 Å². The lowest BCUT2D eigenvalue weighted by molar-refractivity contribution is -0.194. The number of halogens is 3. The lowest BCUT2D eigenvalue weighted by Crippen LogP contribution is -2.57. The Bertz CT molecular complexity index is 385. The number of carbonyl (C=O) groups is 3. The Balaban J connectivity index is 2.73. The highest BCUT2D eigenvalue weighted by molar-refractivity contribution is 5.90. The number of hydrogen-bond donors (Lipinski definition) is 1. The standard InChI is InChI=1S/C9H11F3N2O5/c1-18-6(15)5-4-13-2-3-14(5)8(17)19-7(16)9(10,11)12/h5,13H,2-4H2,1H3. The molecular weight excluding hydrogens is 273 g/mol. The summed E-state index contributed by atoms with van der Waals surface area (Å²) in [7, 11) is 1.07. The molecule has 0 aliphatic carbocycles. The quantitative estimate of drug-likeness (QED) is 0.524. The molecule has 10 heteroatoms. The number of carbonyl (C=O) groups excluding carboxylic acids is 3. The minimum atomic E-state index is -5.27. The summed E-state index contributed by atoms with van der Waals surface area (Å²) < 4.78 is 43.9. The van der Waals surface area contributed by atoms with E-state index < -0.39 is 30.2 Å². The van der Waals surface area contributed by atoms with Crippen molar-refractivity contribution in [1.29, 1.82) is 0 Å². The highest BCUT2D eigenvalue weighted by Gasteiger charge is 2.44. The summed E-state index contributed by atoms with van der Waals surface area (Å²) in [4.78, 5) is 34.0. The average molecular weight is 284 g/mol. The molecule has 0 aromatic carbocycles. The molecule has 0 aromatic rings. The maximum absolute atomic E-state index is 11.9. The van der Waals surface area contributed by atoms with Crippen LogP contribution >= 0.6 is 0 Å². The predicted octanol–water partition coefficient (Wildman–Crippen LogP) is -0.341. The van der Waals surface area contributed by atoms with E-state index in [1.54, 1.807) is 0 Å². The van der Waals surface area contributed by atoms with E-state index >= 15 is 0 Å². The minimum absolute atomic E-state index is 0.00197. The van der Waals surface area contributed by atoms with Crippen LogP contribution in [-0.2, 0) is 19.1 Å². The first-order valence-electron chi connectivity index (χ1n) is 5.15. The molecular formula is C9H11F3N2O5. The fourth-order valence-electron chi connectivity index (χ4n) is 1.47. The summed E-state index contributed by atoms with van der Waals surface area (Å²) in [5.74, 6) is -3.44. The number of methoxy groups -OCH3 is 1. The lowest BCUT2D eigenvalue weighted by Gasteiger charge is -2.32. The number of esters is 2. The van der Waals surface area contributed by atoms with Crippen LogP contribution in [-0.4, -0.2) is 61.9 Å². The van der Waals surface area contributed by atoms with E-state index in [4.69, 9.17) is 0 Å². The van der Waals surface area contributed by atoms with Crippen LogP contribution in [0.4, 0.5) is 18.0 Å². The second-order valence-electron chi connectivity index (χ2n) is 3.59. The van der Waals surface area contributed by atoms with Gasteiger partial charge in [-0.15, -0.1) is 0 Å². The van der Waals surface area contributed by atoms with Crippen LogP contribution in [0.2, 0.25) is 0 Å².